The maximum atomic E-state index is 12.6. The third kappa shape index (κ3) is 4.35. The van der Waals surface area contributed by atoms with Crippen molar-refractivity contribution >= 4 is 44.2 Å². The van der Waals surface area contributed by atoms with Crippen LogP contribution in [0, 0.1) is 6.92 Å². The Kier molecular flexibility index (Phi) is 5.80. The van der Waals surface area contributed by atoms with Crippen LogP contribution < -0.4 is 10.9 Å². The Balaban J connectivity index is 1.93. The fourth-order valence-corrected chi connectivity index (χ4v) is 3.63. The minimum Gasteiger partial charge on any atom is -0.505 e. The maximum absolute atomic E-state index is 12.6. The summed E-state index contributed by atoms with van der Waals surface area (Å²) in [6.07, 6.45) is 0. The Morgan fingerprint density at radius 2 is 1.90 bits per heavy atom. The summed E-state index contributed by atoms with van der Waals surface area (Å²) in [5.41, 5.74) is -0.0385. The summed E-state index contributed by atoms with van der Waals surface area (Å²) in [5, 5.41) is 16.7. The van der Waals surface area contributed by atoms with Gasteiger partial charge in [0.1, 0.15) is 4.88 Å². The summed E-state index contributed by atoms with van der Waals surface area (Å²) >= 11 is 4.32. The zero-order valence-corrected chi connectivity index (χ0v) is 18.0. The first-order valence-corrected chi connectivity index (χ1v) is 9.88. The molecule has 0 saturated heterocycles. The number of nitrogens with zero attached hydrogens (tertiary/aromatic N) is 4. The van der Waals surface area contributed by atoms with Gasteiger partial charge in [0, 0.05) is 24.6 Å². The van der Waals surface area contributed by atoms with E-state index in [1.54, 1.807) is 45.3 Å². The highest BCUT2D eigenvalue weighted by Gasteiger charge is 2.21. The molecule has 29 heavy (non-hydrogen) atoms. The standard InChI is InChI=1S/C18H16BrN5O4S/c1-9-15(17(28)23(2)3)29-18(20-9)21-16(27)14-12(25)8-13(26)24(22-14)11-6-4-10(19)5-7-11/h4-8,25H,1-3H3,(H,20,21,27). The quantitative estimate of drug-likeness (QED) is 0.595. The lowest BCUT2D eigenvalue weighted by Crippen LogP contribution is -2.25. The van der Waals surface area contributed by atoms with Crippen LogP contribution in [0.2, 0.25) is 0 Å². The van der Waals surface area contributed by atoms with Crippen molar-refractivity contribution in [1.82, 2.24) is 19.7 Å². The van der Waals surface area contributed by atoms with Crippen LogP contribution in [0.5, 0.6) is 5.75 Å². The number of carbonyl (C=O) groups is 2. The SMILES string of the molecule is Cc1nc(NC(=O)c2nn(-c3ccc(Br)cc3)c(=O)cc2O)sc1C(=O)N(C)C. The van der Waals surface area contributed by atoms with E-state index in [2.05, 4.69) is 31.3 Å². The molecule has 2 aromatic heterocycles. The molecule has 3 rings (SSSR count). The van der Waals surface area contributed by atoms with E-state index in [9.17, 15) is 19.5 Å². The summed E-state index contributed by atoms with van der Waals surface area (Å²) in [6.45, 7) is 1.66. The molecule has 0 bridgehead atoms. The number of amides is 2. The molecular formula is C18H16BrN5O4S. The van der Waals surface area contributed by atoms with Crippen molar-refractivity contribution in [2.45, 2.75) is 6.92 Å². The third-order valence-electron chi connectivity index (χ3n) is 3.82. The van der Waals surface area contributed by atoms with Gasteiger partial charge in [-0.25, -0.2) is 4.98 Å². The lowest BCUT2D eigenvalue weighted by molar-refractivity contribution is 0.0831. The van der Waals surface area contributed by atoms with Gasteiger partial charge >= 0.3 is 0 Å². The number of benzene rings is 1. The van der Waals surface area contributed by atoms with Gasteiger partial charge in [0.25, 0.3) is 17.4 Å². The first-order valence-electron chi connectivity index (χ1n) is 8.27. The van der Waals surface area contributed by atoms with E-state index in [1.807, 2.05) is 0 Å². The fourth-order valence-electron chi connectivity index (χ4n) is 2.38. The monoisotopic (exact) mass is 477 g/mol. The van der Waals surface area contributed by atoms with Gasteiger partial charge in [0.15, 0.2) is 16.6 Å². The topological polar surface area (TPSA) is 117 Å². The number of rotatable bonds is 4. The molecule has 11 heteroatoms. The Hall–Kier alpha value is -3.05. The number of hydrogen-bond donors (Lipinski definition) is 2. The van der Waals surface area contributed by atoms with E-state index in [1.165, 1.54) is 4.90 Å². The molecule has 0 saturated carbocycles. The summed E-state index contributed by atoms with van der Waals surface area (Å²) in [4.78, 5) is 42.9. The minimum atomic E-state index is -0.758. The summed E-state index contributed by atoms with van der Waals surface area (Å²) in [6, 6.07) is 7.63. The van der Waals surface area contributed by atoms with Gasteiger partial charge < -0.3 is 10.0 Å². The molecule has 2 heterocycles. The lowest BCUT2D eigenvalue weighted by atomic mass is 10.3. The summed E-state index contributed by atoms with van der Waals surface area (Å²) in [7, 11) is 3.24. The second-order valence-corrected chi connectivity index (χ2v) is 8.11. The van der Waals surface area contributed by atoms with Crippen LogP contribution in [-0.4, -0.2) is 50.7 Å². The second kappa shape index (κ2) is 8.13. The van der Waals surface area contributed by atoms with E-state index < -0.39 is 17.2 Å². The molecular weight excluding hydrogens is 462 g/mol. The van der Waals surface area contributed by atoms with Crippen molar-refractivity contribution in [3.8, 4) is 11.4 Å². The number of nitrogens with one attached hydrogen (secondary N) is 1. The highest BCUT2D eigenvalue weighted by atomic mass is 79.9. The zero-order valence-electron chi connectivity index (χ0n) is 15.6. The number of aromatic nitrogens is 3. The molecule has 0 atom stereocenters. The highest BCUT2D eigenvalue weighted by molar-refractivity contribution is 9.10. The van der Waals surface area contributed by atoms with Crippen molar-refractivity contribution < 1.29 is 14.7 Å². The average Bonchev–Trinajstić information content (AvgIpc) is 3.01. The first-order chi connectivity index (χ1) is 13.7. The number of halogens is 1. The summed E-state index contributed by atoms with van der Waals surface area (Å²) in [5.74, 6) is -1.55. The third-order valence-corrected chi connectivity index (χ3v) is 5.40. The van der Waals surface area contributed by atoms with Crippen LogP contribution in [0.25, 0.3) is 5.69 Å². The molecule has 0 spiro atoms. The van der Waals surface area contributed by atoms with E-state index in [4.69, 9.17) is 0 Å². The maximum Gasteiger partial charge on any atom is 0.281 e. The summed E-state index contributed by atoms with van der Waals surface area (Å²) < 4.78 is 1.82. The van der Waals surface area contributed by atoms with Crippen LogP contribution in [0.4, 0.5) is 5.13 Å². The Morgan fingerprint density at radius 3 is 2.52 bits per heavy atom. The predicted octanol–water partition coefficient (Wildman–Crippen LogP) is 2.42. The van der Waals surface area contributed by atoms with Gasteiger partial charge in [-0.15, -0.1) is 0 Å². The number of aryl methyl sites for hydroxylation is 1. The van der Waals surface area contributed by atoms with Crippen molar-refractivity contribution in [2.75, 3.05) is 19.4 Å². The van der Waals surface area contributed by atoms with Crippen LogP contribution in [-0.2, 0) is 0 Å². The van der Waals surface area contributed by atoms with E-state index >= 15 is 0 Å². The molecule has 0 aliphatic carbocycles. The van der Waals surface area contributed by atoms with Crippen LogP contribution in [0.15, 0.2) is 39.6 Å². The smallest absolute Gasteiger partial charge is 0.281 e. The molecule has 3 aromatic rings. The van der Waals surface area contributed by atoms with Gasteiger partial charge in [-0.3, -0.25) is 19.7 Å². The molecule has 2 N–H and O–H groups in total. The molecule has 0 radical (unpaired) electrons. The molecule has 2 amide bonds. The van der Waals surface area contributed by atoms with Gasteiger partial charge in [-0.1, -0.05) is 27.3 Å². The molecule has 0 aliphatic rings. The van der Waals surface area contributed by atoms with Gasteiger partial charge in [-0.05, 0) is 31.2 Å². The van der Waals surface area contributed by atoms with Crippen LogP contribution in [0.1, 0.15) is 25.9 Å². The molecule has 9 nitrogen and oxygen atoms in total. The number of thiazole rings is 1. The Labute approximate surface area is 177 Å². The molecule has 0 aliphatic heterocycles. The van der Waals surface area contributed by atoms with Crippen LogP contribution in [0.3, 0.4) is 0 Å². The predicted molar refractivity (Wildman–Crippen MR) is 112 cm³/mol. The second-order valence-electron chi connectivity index (χ2n) is 6.19. The van der Waals surface area contributed by atoms with E-state index in [0.717, 1.165) is 26.6 Å². The van der Waals surface area contributed by atoms with Crippen molar-refractivity contribution in [3.05, 3.63) is 61.4 Å². The highest BCUT2D eigenvalue weighted by Crippen LogP contribution is 2.25. The van der Waals surface area contributed by atoms with Crippen molar-refractivity contribution in [1.29, 1.82) is 0 Å². The molecule has 1 aromatic carbocycles. The largest absolute Gasteiger partial charge is 0.505 e. The van der Waals surface area contributed by atoms with Crippen molar-refractivity contribution in [3.63, 3.8) is 0 Å². The molecule has 0 fully saturated rings. The van der Waals surface area contributed by atoms with Crippen molar-refractivity contribution in [2.24, 2.45) is 0 Å². The number of hydrogen-bond acceptors (Lipinski definition) is 7. The fraction of sp³-hybridized carbons (Fsp3) is 0.167. The van der Waals surface area contributed by atoms with Crippen LogP contribution >= 0.6 is 27.3 Å². The number of carbonyl (C=O) groups excluding carboxylic acids is 2. The molecule has 0 unspecified atom stereocenters. The van der Waals surface area contributed by atoms with Gasteiger partial charge in [0.05, 0.1) is 11.4 Å². The van der Waals surface area contributed by atoms with Gasteiger partial charge in [-0.2, -0.15) is 9.78 Å². The Bertz CT molecular complexity index is 1150. The zero-order chi connectivity index (χ0) is 21.3. The van der Waals surface area contributed by atoms with E-state index in [-0.39, 0.29) is 16.7 Å². The van der Waals surface area contributed by atoms with E-state index in [0.29, 0.717) is 16.3 Å². The normalized spacial score (nSPS) is 10.6. The lowest BCUT2D eigenvalue weighted by Gasteiger charge is -2.09. The Morgan fingerprint density at radius 1 is 1.24 bits per heavy atom. The average molecular weight is 478 g/mol. The molecule has 150 valence electrons. The minimum absolute atomic E-state index is 0.181. The number of aromatic hydroxyl groups is 1. The first kappa shape index (κ1) is 20.7. The van der Waals surface area contributed by atoms with Gasteiger partial charge in [0.2, 0.25) is 0 Å². The number of anilines is 1.